The van der Waals surface area contributed by atoms with E-state index >= 15 is 0 Å². The molecule has 2 heterocycles. The van der Waals surface area contributed by atoms with Gasteiger partial charge in [-0.05, 0) is 45.2 Å². The average Bonchev–Trinajstić information content (AvgIpc) is 3.01. The van der Waals surface area contributed by atoms with E-state index in [1.807, 2.05) is 43.0 Å². The topological polar surface area (TPSA) is 72.6 Å². The lowest BCUT2D eigenvalue weighted by atomic mass is 9.97. The zero-order valence-electron chi connectivity index (χ0n) is 14.4. The number of hydrogen-bond donors (Lipinski definition) is 0. The summed E-state index contributed by atoms with van der Waals surface area (Å²) in [5.41, 5.74) is 1.43. The second-order valence-electron chi connectivity index (χ2n) is 6.33. The van der Waals surface area contributed by atoms with Crippen LogP contribution in [0.4, 0.5) is 0 Å². The smallest absolute Gasteiger partial charge is 0.316 e. The average molecular weight is 362 g/mol. The van der Waals surface area contributed by atoms with Gasteiger partial charge in [0.05, 0.1) is 0 Å². The van der Waals surface area contributed by atoms with Crippen LogP contribution in [0.3, 0.4) is 0 Å². The molecular weight excluding hydrogens is 340 g/mol. The quantitative estimate of drug-likeness (QED) is 0.600. The van der Waals surface area contributed by atoms with Crippen LogP contribution in [-0.4, -0.2) is 46.2 Å². The van der Waals surface area contributed by atoms with E-state index in [1.165, 1.54) is 11.8 Å². The zero-order valence-corrected chi connectivity index (χ0v) is 15.3. The van der Waals surface area contributed by atoms with Crippen LogP contribution in [0.25, 0.3) is 11.1 Å². The number of aromatic nitrogens is 1. The molecule has 6 nitrogen and oxygen atoms in total. The number of likely N-dealkylation sites (tertiary alicyclic amines) is 1. The number of para-hydroxylation sites is 2. The third-order valence-electron chi connectivity index (χ3n) is 4.43. The first kappa shape index (κ1) is 17.8. The number of thioether (sulfide) groups is 1. The van der Waals surface area contributed by atoms with E-state index in [-0.39, 0.29) is 30.4 Å². The van der Waals surface area contributed by atoms with Gasteiger partial charge in [-0.1, -0.05) is 23.9 Å². The van der Waals surface area contributed by atoms with Crippen LogP contribution in [0.1, 0.15) is 33.1 Å². The molecule has 1 aliphatic heterocycles. The van der Waals surface area contributed by atoms with Crippen LogP contribution in [0.15, 0.2) is 33.9 Å². The van der Waals surface area contributed by atoms with E-state index in [0.717, 1.165) is 24.8 Å². The Balaban J connectivity index is 1.46. The molecule has 0 saturated carbocycles. The number of hydrogen-bond acceptors (Lipinski definition) is 6. The monoisotopic (exact) mass is 362 g/mol. The summed E-state index contributed by atoms with van der Waals surface area (Å²) in [6.45, 7) is 3.87. The van der Waals surface area contributed by atoms with E-state index in [0.29, 0.717) is 10.8 Å². The van der Waals surface area contributed by atoms with Crippen molar-refractivity contribution in [3.63, 3.8) is 0 Å². The number of ether oxygens (including phenoxy) is 1. The van der Waals surface area contributed by atoms with Crippen LogP contribution in [-0.2, 0) is 14.3 Å². The first-order valence-corrected chi connectivity index (χ1v) is 9.48. The molecule has 0 N–H and O–H groups in total. The van der Waals surface area contributed by atoms with Crippen molar-refractivity contribution in [2.24, 2.45) is 0 Å². The number of oxazole rings is 1. The van der Waals surface area contributed by atoms with Crippen molar-refractivity contribution in [3.05, 3.63) is 24.3 Å². The van der Waals surface area contributed by atoms with E-state index in [2.05, 4.69) is 4.98 Å². The third-order valence-corrected chi connectivity index (χ3v) is 5.23. The number of esters is 1. The molecule has 0 aliphatic carbocycles. The third kappa shape index (κ3) is 4.34. The Morgan fingerprint density at radius 3 is 2.72 bits per heavy atom. The number of fused-ring (bicyclic) bond motifs is 1. The van der Waals surface area contributed by atoms with Crippen molar-refractivity contribution < 1.29 is 18.7 Å². The Labute approximate surface area is 150 Å². The molecule has 0 unspecified atom stereocenters. The van der Waals surface area contributed by atoms with Crippen molar-refractivity contribution in [3.8, 4) is 0 Å². The van der Waals surface area contributed by atoms with Gasteiger partial charge in [-0.25, -0.2) is 4.98 Å². The van der Waals surface area contributed by atoms with E-state index in [9.17, 15) is 9.59 Å². The fraction of sp³-hybridized carbons (Fsp3) is 0.500. The maximum atomic E-state index is 12.3. The molecule has 1 amide bonds. The van der Waals surface area contributed by atoms with Crippen LogP contribution >= 0.6 is 11.8 Å². The normalized spacial score (nSPS) is 20.6. The second kappa shape index (κ2) is 7.91. The molecule has 0 bridgehead atoms. The summed E-state index contributed by atoms with van der Waals surface area (Å²) in [5.74, 6) is -0.511. The number of nitrogens with zero attached hydrogens (tertiary/aromatic N) is 2. The van der Waals surface area contributed by atoms with Gasteiger partial charge in [-0.15, -0.1) is 0 Å². The highest BCUT2D eigenvalue weighted by molar-refractivity contribution is 7.99. The summed E-state index contributed by atoms with van der Waals surface area (Å²) in [4.78, 5) is 30.3. The fourth-order valence-corrected chi connectivity index (χ4v) is 3.84. The number of piperidine rings is 1. The predicted molar refractivity (Wildman–Crippen MR) is 95.3 cm³/mol. The van der Waals surface area contributed by atoms with Crippen molar-refractivity contribution in [2.75, 3.05) is 12.4 Å². The molecular formula is C18H22N2O4S. The maximum Gasteiger partial charge on any atom is 0.316 e. The number of amides is 1. The summed E-state index contributed by atoms with van der Waals surface area (Å²) < 4.78 is 10.7. The molecule has 0 spiro atoms. The molecule has 2 aromatic rings. The Morgan fingerprint density at radius 1 is 1.28 bits per heavy atom. The summed E-state index contributed by atoms with van der Waals surface area (Å²) in [5, 5.41) is 0.419. The van der Waals surface area contributed by atoms with Crippen LogP contribution < -0.4 is 0 Å². The Bertz CT molecular complexity index is 717. The fourth-order valence-electron chi connectivity index (χ4n) is 3.20. The summed E-state index contributed by atoms with van der Waals surface area (Å²) in [6, 6.07) is 7.81. The summed E-state index contributed by atoms with van der Waals surface area (Å²) in [7, 11) is 0. The van der Waals surface area contributed by atoms with Gasteiger partial charge in [0.25, 0.3) is 11.1 Å². The van der Waals surface area contributed by atoms with Gasteiger partial charge in [0.1, 0.15) is 11.3 Å². The maximum absolute atomic E-state index is 12.3. The molecule has 134 valence electrons. The molecule has 1 aromatic carbocycles. The molecule has 1 fully saturated rings. The van der Waals surface area contributed by atoms with Gasteiger partial charge in [-0.2, -0.15) is 0 Å². The highest BCUT2D eigenvalue weighted by atomic mass is 32.2. The lowest BCUT2D eigenvalue weighted by Crippen LogP contribution is -2.49. The highest BCUT2D eigenvalue weighted by Crippen LogP contribution is 2.24. The van der Waals surface area contributed by atoms with Crippen molar-refractivity contribution in [1.29, 1.82) is 0 Å². The molecule has 0 radical (unpaired) electrons. The second-order valence-corrected chi connectivity index (χ2v) is 7.25. The van der Waals surface area contributed by atoms with Gasteiger partial charge in [0.15, 0.2) is 12.2 Å². The molecule has 25 heavy (non-hydrogen) atoms. The molecule has 7 heteroatoms. The minimum atomic E-state index is -0.446. The molecule has 2 atom stereocenters. The molecule has 1 aliphatic rings. The van der Waals surface area contributed by atoms with Crippen LogP contribution in [0.5, 0.6) is 0 Å². The SMILES string of the molecule is C[C@H]1CCC[C@H](C)N1C(=O)COC(=O)CSc1nc2ccccc2o1. The van der Waals surface area contributed by atoms with E-state index < -0.39 is 5.97 Å². The van der Waals surface area contributed by atoms with E-state index in [1.54, 1.807) is 0 Å². The number of carbonyl (C=O) groups is 2. The van der Waals surface area contributed by atoms with Crippen LogP contribution in [0.2, 0.25) is 0 Å². The molecule has 1 aromatic heterocycles. The first-order valence-electron chi connectivity index (χ1n) is 8.49. The van der Waals surface area contributed by atoms with Gasteiger partial charge < -0.3 is 14.1 Å². The predicted octanol–water partition coefficient (Wildman–Crippen LogP) is 3.25. The van der Waals surface area contributed by atoms with E-state index in [4.69, 9.17) is 9.15 Å². The lowest BCUT2D eigenvalue weighted by Gasteiger charge is -2.38. The molecule has 3 rings (SSSR count). The van der Waals surface area contributed by atoms with Gasteiger partial charge in [0, 0.05) is 12.1 Å². The summed E-state index contributed by atoms with van der Waals surface area (Å²) in [6.07, 6.45) is 3.13. The Hall–Kier alpha value is -2.02. The first-order chi connectivity index (χ1) is 12.0. The largest absolute Gasteiger partial charge is 0.455 e. The van der Waals surface area contributed by atoms with Gasteiger partial charge in [0.2, 0.25) is 0 Å². The van der Waals surface area contributed by atoms with Gasteiger partial charge in [-0.3, -0.25) is 9.59 Å². The van der Waals surface area contributed by atoms with Gasteiger partial charge >= 0.3 is 5.97 Å². The van der Waals surface area contributed by atoms with Crippen molar-refractivity contribution in [2.45, 2.75) is 50.4 Å². The zero-order chi connectivity index (χ0) is 17.8. The van der Waals surface area contributed by atoms with Crippen LogP contribution in [0, 0.1) is 0 Å². The Kier molecular flexibility index (Phi) is 5.63. The molecule has 1 saturated heterocycles. The minimum Gasteiger partial charge on any atom is -0.455 e. The Morgan fingerprint density at radius 2 is 2.00 bits per heavy atom. The minimum absolute atomic E-state index is 0.0607. The number of benzene rings is 1. The standard InChI is InChI=1S/C18H22N2O4S/c1-12-6-5-7-13(2)20(12)16(21)10-23-17(22)11-25-18-19-14-8-3-4-9-15(14)24-18/h3-4,8-9,12-13H,5-7,10-11H2,1-2H3/t12-,13-/m0/s1. The van der Waals surface area contributed by atoms with Crippen molar-refractivity contribution >= 4 is 34.7 Å². The number of rotatable bonds is 5. The lowest BCUT2D eigenvalue weighted by molar-refractivity contribution is -0.153. The highest BCUT2D eigenvalue weighted by Gasteiger charge is 2.29. The number of carbonyl (C=O) groups excluding carboxylic acids is 2. The van der Waals surface area contributed by atoms with Crippen molar-refractivity contribution in [1.82, 2.24) is 9.88 Å². The summed E-state index contributed by atoms with van der Waals surface area (Å²) >= 11 is 1.17.